The van der Waals surface area contributed by atoms with Crippen LogP contribution in [-0.2, 0) is 6.54 Å². The van der Waals surface area contributed by atoms with Crippen LogP contribution in [0.4, 0.5) is 20.4 Å². The highest BCUT2D eigenvalue weighted by molar-refractivity contribution is 6.34. The van der Waals surface area contributed by atoms with Crippen molar-refractivity contribution in [1.82, 2.24) is 19.7 Å². The van der Waals surface area contributed by atoms with Crippen molar-refractivity contribution in [3.8, 4) is 0 Å². The van der Waals surface area contributed by atoms with Gasteiger partial charge in [0.15, 0.2) is 5.65 Å². The summed E-state index contributed by atoms with van der Waals surface area (Å²) < 4.78 is 28.9. The molecule has 0 fully saturated rings. The normalized spacial score (nSPS) is 10.5. The molecule has 0 saturated heterocycles. The first-order valence-electron chi connectivity index (χ1n) is 6.83. The Morgan fingerprint density at radius 1 is 1.13 bits per heavy atom. The summed E-state index contributed by atoms with van der Waals surface area (Å²) in [4.78, 5) is 7.77. The van der Waals surface area contributed by atoms with Crippen LogP contribution in [-0.4, -0.2) is 19.7 Å². The van der Waals surface area contributed by atoms with Gasteiger partial charge in [0, 0.05) is 11.3 Å². The van der Waals surface area contributed by atoms with Crippen LogP contribution < -0.4 is 11.5 Å². The van der Waals surface area contributed by atoms with Gasteiger partial charge in [-0.3, -0.25) is 0 Å². The van der Waals surface area contributed by atoms with Crippen molar-refractivity contribution in [2.24, 2.45) is 0 Å². The van der Waals surface area contributed by atoms with E-state index in [1.807, 2.05) is 13.8 Å². The summed E-state index contributed by atoms with van der Waals surface area (Å²) in [5.41, 5.74) is 11.0. The molecule has 4 N–H and O–H groups in total. The fourth-order valence-electron chi connectivity index (χ4n) is 1.98. The molecule has 0 spiro atoms. The van der Waals surface area contributed by atoms with Gasteiger partial charge in [0.05, 0.1) is 18.1 Å². The van der Waals surface area contributed by atoms with Gasteiger partial charge < -0.3 is 11.5 Å². The molecule has 6 nitrogen and oxygen atoms in total. The van der Waals surface area contributed by atoms with Gasteiger partial charge in [-0.2, -0.15) is 10.1 Å². The molecule has 3 rings (SSSR count). The molecular weight excluding hydrogens is 326 g/mol. The van der Waals surface area contributed by atoms with Gasteiger partial charge in [-0.15, -0.1) is 0 Å². The van der Waals surface area contributed by atoms with Gasteiger partial charge in [-0.05, 0) is 12.1 Å². The molecule has 122 valence electrons. The van der Waals surface area contributed by atoms with Gasteiger partial charge in [0.2, 0.25) is 5.95 Å². The smallest absolute Gasteiger partial charge is 0.223 e. The molecule has 0 saturated carbocycles. The molecule has 0 aliphatic carbocycles. The summed E-state index contributed by atoms with van der Waals surface area (Å²) >= 11 is 5.91. The van der Waals surface area contributed by atoms with E-state index in [4.69, 9.17) is 23.1 Å². The molecule has 0 bridgehead atoms. The third-order valence-corrected chi connectivity index (χ3v) is 3.23. The molecule has 0 radical (unpaired) electrons. The van der Waals surface area contributed by atoms with Crippen LogP contribution in [0.15, 0.2) is 18.3 Å². The number of halogens is 3. The molecule has 1 aromatic carbocycles. The van der Waals surface area contributed by atoms with E-state index in [2.05, 4.69) is 15.1 Å². The second kappa shape index (κ2) is 6.74. The maximum absolute atomic E-state index is 13.8. The summed E-state index contributed by atoms with van der Waals surface area (Å²) in [5.74, 6) is -1.57. The minimum Gasteiger partial charge on any atom is -0.399 e. The molecule has 0 unspecified atom stereocenters. The predicted molar refractivity (Wildman–Crippen MR) is 86.0 cm³/mol. The first-order valence-corrected chi connectivity index (χ1v) is 7.21. The zero-order valence-electron chi connectivity index (χ0n) is 12.5. The fourth-order valence-corrected chi connectivity index (χ4v) is 2.20. The summed E-state index contributed by atoms with van der Waals surface area (Å²) in [6.07, 6.45) is 1.41. The number of rotatable bonds is 2. The van der Waals surface area contributed by atoms with Crippen molar-refractivity contribution >= 4 is 34.3 Å². The number of aromatic nitrogens is 4. The van der Waals surface area contributed by atoms with Crippen LogP contribution >= 0.6 is 11.6 Å². The van der Waals surface area contributed by atoms with Crippen LogP contribution in [0.2, 0.25) is 5.15 Å². The molecule has 0 atom stereocenters. The molecule has 2 aromatic heterocycles. The Labute approximate surface area is 136 Å². The zero-order chi connectivity index (χ0) is 17.1. The van der Waals surface area contributed by atoms with E-state index >= 15 is 0 Å². The highest BCUT2D eigenvalue weighted by Crippen LogP contribution is 2.23. The van der Waals surface area contributed by atoms with E-state index < -0.39 is 11.6 Å². The largest absolute Gasteiger partial charge is 0.399 e. The number of fused-ring (bicyclic) bond motifs is 1. The van der Waals surface area contributed by atoms with Gasteiger partial charge in [-0.1, -0.05) is 25.4 Å². The lowest BCUT2D eigenvalue weighted by Crippen LogP contribution is -2.08. The van der Waals surface area contributed by atoms with Crippen molar-refractivity contribution in [3.05, 3.63) is 40.7 Å². The van der Waals surface area contributed by atoms with Crippen LogP contribution in [0.25, 0.3) is 11.0 Å². The number of anilines is 2. The Kier molecular flexibility index (Phi) is 4.95. The number of benzene rings is 1. The van der Waals surface area contributed by atoms with Crippen LogP contribution in [0.1, 0.15) is 19.4 Å². The number of hydrogen-bond acceptors (Lipinski definition) is 5. The number of nitrogens with two attached hydrogens (primary N) is 2. The molecule has 2 heterocycles. The van der Waals surface area contributed by atoms with E-state index in [0.29, 0.717) is 11.0 Å². The number of nitrogen functional groups attached to an aromatic ring is 2. The average molecular weight is 341 g/mol. The molecule has 3 aromatic rings. The Hall–Kier alpha value is -2.48. The van der Waals surface area contributed by atoms with E-state index in [1.54, 1.807) is 0 Å². The minimum atomic E-state index is -0.760. The summed E-state index contributed by atoms with van der Waals surface area (Å²) in [6.45, 7) is 3.83. The number of nitrogens with zero attached hydrogens (tertiary/aromatic N) is 4. The average Bonchev–Trinajstić information content (AvgIpc) is 2.88. The molecular formula is C14H15ClF2N6. The van der Waals surface area contributed by atoms with Crippen molar-refractivity contribution in [2.75, 3.05) is 11.5 Å². The standard InChI is InChI=1S/C12H9ClF2N6.C2H6/c13-10-6-3-18-21(11(6)20-12(17)19-10)4-7-8(14)1-5(16)2-9(7)15;1-2/h1-3H,4,16H2,(H2,17,19,20);1-2H3. The highest BCUT2D eigenvalue weighted by Gasteiger charge is 2.15. The molecule has 23 heavy (non-hydrogen) atoms. The van der Waals surface area contributed by atoms with Gasteiger partial charge in [-0.25, -0.2) is 18.4 Å². The lowest BCUT2D eigenvalue weighted by Gasteiger charge is -2.07. The minimum absolute atomic E-state index is 0.00804. The van der Waals surface area contributed by atoms with Crippen LogP contribution in [0.3, 0.4) is 0 Å². The quantitative estimate of drug-likeness (QED) is 0.552. The van der Waals surface area contributed by atoms with Crippen LogP contribution in [0.5, 0.6) is 0 Å². The van der Waals surface area contributed by atoms with Gasteiger partial charge >= 0.3 is 0 Å². The lowest BCUT2D eigenvalue weighted by molar-refractivity contribution is 0.537. The van der Waals surface area contributed by atoms with E-state index in [-0.39, 0.29) is 28.9 Å². The third kappa shape index (κ3) is 3.31. The predicted octanol–water partition coefficient (Wildman–Crippen LogP) is 3.00. The fraction of sp³-hybridized carbons (Fsp3) is 0.214. The SMILES string of the molecule is CC.Nc1cc(F)c(Cn2ncc3c(Cl)nc(N)nc32)c(F)c1. The molecule has 0 aliphatic heterocycles. The first kappa shape index (κ1) is 16.9. The second-order valence-corrected chi connectivity index (χ2v) is 4.73. The summed E-state index contributed by atoms with van der Waals surface area (Å²) in [6, 6.07) is 2.08. The zero-order valence-corrected chi connectivity index (χ0v) is 13.3. The van der Waals surface area contributed by atoms with Gasteiger partial charge in [0.1, 0.15) is 16.8 Å². The Morgan fingerprint density at radius 2 is 1.74 bits per heavy atom. The van der Waals surface area contributed by atoms with Gasteiger partial charge in [0.25, 0.3) is 0 Å². The number of hydrogen-bond donors (Lipinski definition) is 2. The first-order chi connectivity index (χ1) is 11.0. The van der Waals surface area contributed by atoms with Crippen molar-refractivity contribution < 1.29 is 8.78 Å². The highest BCUT2D eigenvalue weighted by atomic mass is 35.5. The van der Waals surface area contributed by atoms with E-state index in [9.17, 15) is 8.78 Å². The lowest BCUT2D eigenvalue weighted by atomic mass is 10.2. The third-order valence-electron chi connectivity index (χ3n) is 2.94. The summed E-state index contributed by atoms with van der Waals surface area (Å²) in [5, 5.41) is 4.58. The maximum atomic E-state index is 13.8. The van der Waals surface area contributed by atoms with Crippen LogP contribution in [0, 0.1) is 11.6 Å². The van der Waals surface area contributed by atoms with E-state index in [1.165, 1.54) is 10.9 Å². The van der Waals surface area contributed by atoms with Crippen molar-refractivity contribution in [1.29, 1.82) is 0 Å². The topological polar surface area (TPSA) is 95.6 Å². The second-order valence-electron chi connectivity index (χ2n) is 4.38. The van der Waals surface area contributed by atoms with E-state index in [0.717, 1.165) is 12.1 Å². The maximum Gasteiger partial charge on any atom is 0.223 e. The monoisotopic (exact) mass is 340 g/mol. The van der Waals surface area contributed by atoms with Crippen molar-refractivity contribution in [2.45, 2.75) is 20.4 Å². The Morgan fingerprint density at radius 3 is 2.35 bits per heavy atom. The molecule has 0 aliphatic rings. The Bertz CT molecular complexity index is 826. The molecule has 9 heteroatoms. The summed E-state index contributed by atoms with van der Waals surface area (Å²) in [7, 11) is 0. The Balaban J connectivity index is 0.000000924. The molecule has 0 amide bonds. The van der Waals surface area contributed by atoms with Crippen molar-refractivity contribution in [3.63, 3.8) is 0 Å².